The number of anilines is 1. The van der Waals surface area contributed by atoms with Crippen molar-refractivity contribution in [1.82, 2.24) is 0 Å². The number of ether oxygens (including phenoxy) is 1. The highest BCUT2D eigenvalue weighted by atomic mass is 16.5. The normalized spacial score (nSPS) is 12.0. The molecule has 0 spiro atoms. The Kier molecular flexibility index (Phi) is 6.04. The van der Waals surface area contributed by atoms with Gasteiger partial charge in [-0.05, 0) is 48.9 Å². The lowest BCUT2D eigenvalue weighted by Gasteiger charge is -2.30. The van der Waals surface area contributed by atoms with Crippen molar-refractivity contribution in [2.75, 3.05) is 11.9 Å². The van der Waals surface area contributed by atoms with Crippen LogP contribution in [-0.2, 0) is 10.8 Å². The Morgan fingerprint density at radius 3 is 1.81 bits per heavy atom. The molecule has 0 heterocycles. The van der Waals surface area contributed by atoms with Gasteiger partial charge in [0.1, 0.15) is 5.75 Å². The summed E-state index contributed by atoms with van der Waals surface area (Å²) < 4.78 is 6.06. The second kappa shape index (κ2) is 7.75. The number of aryl methyl sites for hydroxylation is 1. The number of hydrogen-bond donors (Lipinski definition) is 1. The maximum atomic E-state index is 13.0. The summed E-state index contributed by atoms with van der Waals surface area (Å²) in [4.78, 5) is 13.0. The van der Waals surface area contributed by atoms with E-state index in [1.54, 1.807) is 0 Å². The lowest BCUT2D eigenvalue weighted by molar-refractivity contribution is 0.102. The van der Waals surface area contributed by atoms with Crippen molar-refractivity contribution in [3.05, 3.63) is 58.7 Å². The molecule has 3 heteroatoms. The summed E-state index contributed by atoms with van der Waals surface area (Å²) in [5.41, 5.74) is 4.48. The fourth-order valence-electron chi connectivity index (χ4n) is 3.01. The zero-order valence-electron chi connectivity index (χ0n) is 18.0. The molecule has 2 rings (SSSR count). The molecule has 146 valence electrons. The molecule has 0 radical (unpaired) electrons. The summed E-state index contributed by atoms with van der Waals surface area (Å²) in [7, 11) is 0. The largest absolute Gasteiger partial charge is 0.493 e. The minimum Gasteiger partial charge on any atom is -0.493 e. The van der Waals surface area contributed by atoms with Crippen LogP contribution in [0.1, 0.15) is 75.5 Å². The van der Waals surface area contributed by atoms with Crippen LogP contribution >= 0.6 is 0 Å². The predicted molar refractivity (Wildman–Crippen MR) is 114 cm³/mol. The van der Waals surface area contributed by atoms with Crippen LogP contribution in [0.4, 0.5) is 5.69 Å². The zero-order valence-corrected chi connectivity index (χ0v) is 18.0. The smallest absolute Gasteiger partial charge is 0.255 e. The topological polar surface area (TPSA) is 38.3 Å². The summed E-state index contributed by atoms with van der Waals surface area (Å²) in [5.74, 6) is 0.808. The van der Waals surface area contributed by atoms with Gasteiger partial charge in [0, 0.05) is 22.4 Å². The first-order chi connectivity index (χ1) is 12.4. The third kappa shape index (κ3) is 5.12. The standard InChI is InChI=1S/C24H33NO2/c1-9-27-21-19(23(3,4)5)14-17(15-20(21)24(6,7)8)22(26)25-18-12-10-16(2)11-13-18/h10-15H,9H2,1-8H3,(H,25,26). The Balaban J connectivity index is 2.56. The van der Waals surface area contributed by atoms with Crippen LogP contribution in [0.15, 0.2) is 36.4 Å². The van der Waals surface area contributed by atoms with Gasteiger partial charge in [-0.25, -0.2) is 0 Å². The number of hydrogen-bond acceptors (Lipinski definition) is 2. The van der Waals surface area contributed by atoms with Gasteiger partial charge in [-0.2, -0.15) is 0 Å². The minimum atomic E-state index is -0.134. The molecule has 27 heavy (non-hydrogen) atoms. The first-order valence-corrected chi connectivity index (χ1v) is 9.63. The van der Waals surface area contributed by atoms with Crippen molar-refractivity contribution in [2.45, 2.75) is 66.2 Å². The van der Waals surface area contributed by atoms with Gasteiger partial charge in [0.05, 0.1) is 6.61 Å². The van der Waals surface area contributed by atoms with Crippen molar-refractivity contribution in [3.63, 3.8) is 0 Å². The van der Waals surface area contributed by atoms with E-state index in [2.05, 4.69) is 46.9 Å². The molecule has 3 nitrogen and oxygen atoms in total. The molecular weight excluding hydrogens is 334 g/mol. The molecule has 0 bridgehead atoms. The second-order valence-electron chi connectivity index (χ2n) is 9.15. The summed E-state index contributed by atoms with van der Waals surface area (Å²) in [6.07, 6.45) is 0. The van der Waals surface area contributed by atoms with E-state index in [0.717, 1.165) is 22.6 Å². The molecule has 0 saturated heterocycles. The summed E-state index contributed by atoms with van der Waals surface area (Å²) in [6.45, 7) is 17.5. The van der Waals surface area contributed by atoms with E-state index in [9.17, 15) is 4.79 Å². The monoisotopic (exact) mass is 367 g/mol. The molecule has 0 atom stereocenters. The lowest BCUT2D eigenvalue weighted by atomic mass is 9.78. The number of benzene rings is 2. The van der Waals surface area contributed by atoms with Gasteiger partial charge in [-0.1, -0.05) is 59.2 Å². The van der Waals surface area contributed by atoms with Gasteiger partial charge in [-0.3, -0.25) is 4.79 Å². The van der Waals surface area contributed by atoms with E-state index >= 15 is 0 Å². The molecule has 0 aliphatic carbocycles. The van der Waals surface area contributed by atoms with Gasteiger partial charge in [0.25, 0.3) is 5.91 Å². The fraction of sp³-hybridized carbons (Fsp3) is 0.458. The van der Waals surface area contributed by atoms with Crippen molar-refractivity contribution in [1.29, 1.82) is 0 Å². The highest BCUT2D eigenvalue weighted by Crippen LogP contribution is 2.40. The third-order valence-corrected chi connectivity index (χ3v) is 4.57. The van der Waals surface area contributed by atoms with Crippen LogP contribution in [0.25, 0.3) is 0 Å². The van der Waals surface area contributed by atoms with Gasteiger partial charge in [-0.15, -0.1) is 0 Å². The van der Waals surface area contributed by atoms with Crippen LogP contribution in [0.3, 0.4) is 0 Å². The molecular formula is C24H33NO2. The molecule has 0 fully saturated rings. The van der Waals surface area contributed by atoms with Crippen LogP contribution in [-0.4, -0.2) is 12.5 Å². The van der Waals surface area contributed by atoms with Crippen LogP contribution in [0.2, 0.25) is 0 Å². The molecule has 0 aromatic heterocycles. The van der Waals surface area contributed by atoms with E-state index in [-0.39, 0.29) is 16.7 Å². The molecule has 0 unspecified atom stereocenters. The van der Waals surface area contributed by atoms with Crippen LogP contribution in [0.5, 0.6) is 5.75 Å². The number of rotatable bonds is 4. The average Bonchev–Trinajstić information content (AvgIpc) is 2.55. The highest BCUT2D eigenvalue weighted by Gasteiger charge is 2.29. The highest BCUT2D eigenvalue weighted by molar-refractivity contribution is 6.04. The number of carbonyl (C=O) groups excluding carboxylic acids is 1. The zero-order chi connectivity index (χ0) is 20.4. The van der Waals surface area contributed by atoms with Gasteiger partial charge in [0.2, 0.25) is 0 Å². The molecule has 0 saturated carbocycles. The van der Waals surface area contributed by atoms with Crippen molar-refractivity contribution >= 4 is 11.6 Å². The lowest BCUT2D eigenvalue weighted by Crippen LogP contribution is -2.22. The molecule has 0 aliphatic rings. The molecule has 1 N–H and O–H groups in total. The van der Waals surface area contributed by atoms with Gasteiger partial charge in [0.15, 0.2) is 0 Å². The van der Waals surface area contributed by atoms with Crippen molar-refractivity contribution in [3.8, 4) is 5.75 Å². The third-order valence-electron chi connectivity index (χ3n) is 4.57. The Bertz CT molecular complexity index is 771. The number of amides is 1. The molecule has 2 aromatic rings. The maximum Gasteiger partial charge on any atom is 0.255 e. The Labute approximate surface area is 164 Å². The fourth-order valence-corrected chi connectivity index (χ4v) is 3.01. The van der Waals surface area contributed by atoms with Crippen molar-refractivity contribution in [2.24, 2.45) is 0 Å². The van der Waals surface area contributed by atoms with Crippen LogP contribution in [0, 0.1) is 6.92 Å². The first-order valence-electron chi connectivity index (χ1n) is 9.63. The Morgan fingerprint density at radius 2 is 1.41 bits per heavy atom. The minimum absolute atomic E-state index is 0.0992. The van der Waals surface area contributed by atoms with Crippen molar-refractivity contribution < 1.29 is 9.53 Å². The average molecular weight is 368 g/mol. The summed E-state index contributed by atoms with van der Waals surface area (Å²) >= 11 is 0. The van der Waals surface area contributed by atoms with E-state index < -0.39 is 0 Å². The molecule has 2 aromatic carbocycles. The first kappa shape index (κ1) is 21.0. The van der Waals surface area contributed by atoms with Gasteiger partial charge >= 0.3 is 0 Å². The maximum absolute atomic E-state index is 13.0. The van der Waals surface area contributed by atoms with Crippen LogP contribution < -0.4 is 10.1 Å². The summed E-state index contributed by atoms with van der Waals surface area (Å²) in [6, 6.07) is 11.8. The van der Waals surface area contributed by atoms with E-state index in [1.807, 2.05) is 50.2 Å². The van der Waals surface area contributed by atoms with E-state index in [0.29, 0.717) is 12.2 Å². The van der Waals surface area contributed by atoms with E-state index in [1.165, 1.54) is 5.56 Å². The SMILES string of the molecule is CCOc1c(C(C)(C)C)cc(C(=O)Nc2ccc(C)cc2)cc1C(C)(C)C. The van der Waals surface area contributed by atoms with Gasteiger partial charge < -0.3 is 10.1 Å². The Morgan fingerprint density at radius 1 is 0.926 bits per heavy atom. The Hall–Kier alpha value is -2.29. The quantitative estimate of drug-likeness (QED) is 0.694. The number of nitrogens with one attached hydrogen (secondary N) is 1. The molecule has 1 amide bonds. The number of carbonyl (C=O) groups is 1. The second-order valence-corrected chi connectivity index (χ2v) is 9.15. The van der Waals surface area contributed by atoms with E-state index in [4.69, 9.17) is 4.74 Å². The summed E-state index contributed by atoms with van der Waals surface area (Å²) in [5, 5.41) is 3.01. The molecule has 0 aliphatic heterocycles. The predicted octanol–water partition coefficient (Wildman–Crippen LogP) is 6.24.